The monoisotopic (exact) mass is 343 g/mol. The maximum Gasteiger partial charge on any atom is 0.254 e. The van der Waals surface area contributed by atoms with Gasteiger partial charge in [-0.3, -0.25) is 14.6 Å². The molecule has 132 valence electrons. The van der Waals surface area contributed by atoms with Crippen LogP contribution in [0.2, 0.25) is 0 Å². The third kappa shape index (κ3) is 5.67. The summed E-state index contributed by atoms with van der Waals surface area (Å²) in [5.41, 5.74) is 0.788. The molecule has 0 fully saturated rings. The van der Waals surface area contributed by atoms with E-state index in [2.05, 4.69) is 15.6 Å². The van der Waals surface area contributed by atoms with E-state index in [1.165, 1.54) is 18.2 Å². The number of hydrogen-bond acceptors (Lipinski definition) is 3. The van der Waals surface area contributed by atoms with Crippen LogP contribution in [0.15, 0.2) is 48.8 Å². The smallest absolute Gasteiger partial charge is 0.254 e. The predicted octanol–water partition coefficient (Wildman–Crippen LogP) is 2.68. The van der Waals surface area contributed by atoms with Gasteiger partial charge in [0.25, 0.3) is 5.91 Å². The highest BCUT2D eigenvalue weighted by Crippen LogP contribution is 2.10. The van der Waals surface area contributed by atoms with E-state index in [1.54, 1.807) is 24.5 Å². The van der Waals surface area contributed by atoms with Crippen LogP contribution < -0.4 is 10.6 Å². The normalized spacial score (nSPS) is 11.8. The summed E-state index contributed by atoms with van der Waals surface area (Å²) >= 11 is 0. The Labute approximate surface area is 146 Å². The molecule has 6 heteroatoms. The van der Waals surface area contributed by atoms with Crippen molar-refractivity contribution >= 4 is 11.8 Å². The second-order valence-corrected chi connectivity index (χ2v) is 6.21. The van der Waals surface area contributed by atoms with Crippen LogP contribution in [0.1, 0.15) is 36.2 Å². The molecule has 1 aromatic heterocycles. The Kier molecular flexibility index (Phi) is 6.62. The Morgan fingerprint density at radius 3 is 2.56 bits per heavy atom. The molecule has 0 saturated heterocycles. The second-order valence-electron chi connectivity index (χ2n) is 6.21. The topological polar surface area (TPSA) is 71.1 Å². The van der Waals surface area contributed by atoms with Gasteiger partial charge in [0.2, 0.25) is 5.91 Å². The number of benzene rings is 1. The van der Waals surface area contributed by atoms with Gasteiger partial charge in [-0.25, -0.2) is 4.39 Å². The van der Waals surface area contributed by atoms with Crippen molar-refractivity contribution in [2.45, 2.75) is 32.9 Å². The van der Waals surface area contributed by atoms with Crippen LogP contribution in [-0.4, -0.2) is 22.8 Å². The Bertz CT molecular complexity index is 720. The maximum atomic E-state index is 13.8. The largest absolute Gasteiger partial charge is 0.350 e. The van der Waals surface area contributed by atoms with Gasteiger partial charge in [0.15, 0.2) is 0 Å². The van der Waals surface area contributed by atoms with Crippen LogP contribution in [0.25, 0.3) is 0 Å². The molecule has 1 atom stereocenters. The lowest BCUT2D eigenvalue weighted by Gasteiger charge is -2.20. The summed E-state index contributed by atoms with van der Waals surface area (Å²) in [4.78, 5) is 28.7. The third-order valence-electron chi connectivity index (χ3n) is 3.64. The molecule has 1 aromatic carbocycles. The molecule has 0 spiro atoms. The fraction of sp³-hybridized carbons (Fsp3) is 0.316. The zero-order chi connectivity index (χ0) is 18.2. The molecule has 0 unspecified atom stereocenters. The van der Waals surface area contributed by atoms with Gasteiger partial charge in [-0.15, -0.1) is 0 Å². The molecule has 0 aliphatic carbocycles. The van der Waals surface area contributed by atoms with E-state index in [-0.39, 0.29) is 17.4 Å². The summed E-state index contributed by atoms with van der Waals surface area (Å²) in [6.45, 7) is 4.23. The minimum Gasteiger partial charge on any atom is -0.350 e. The van der Waals surface area contributed by atoms with Gasteiger partial charge in [0.1, 0.15) is 11.9 Å². The summed E-state index contributed by atoms with van der Waals surface area (Å²) in [5, 5.41) is 5.42. The van der Waals surface area contributed by atoms with E-state index >= 15 is 0 Å². The fourth-order valence-corrected chi connectivity index (χ4v) is 2.40. The lowest BCUT2D eigenvalue weighted by atomic mass is 10.0. The van der Waals surface area contributed by atoms with E-state index in [1.807, 2.05) is 19.9 Å². The van der Waals surface area contributed by atoms with Gasteiger partial charge in [0.05, 0.1) is 5.56 Å². The van der Waals surface area contributed by atoms with E-state index in [9.17, 15) is 14.0 Å². The van der Waals surface area contributed by atoms with Crippen molar-refractivity contribution in [2.24, 2.45) is 5.92 Å². The third-order valence-corrected chi connectivity index (χ3v) is 3.64. The molecule has 2 N–H and O–H groups in total. The van der Waals surface area contributed by atoms with Gasteiger partial charge in [-0.1, -0.05) is 32.0 Å². The van der Waals surface area contributed by atoms with Crippen molar-refractivity contribution in [3.05, 3.63) is 65.7 Å². The molecular formula is C19H22FN3O2. The fourth-order valence-electron chi connectivity index (χ4n) is 2.40. The average Bonchev–Trinajstić information content (AvgIpc) is 2.60. The van der Waals surface area contributed by atoms with Crippen LogP contribution in [-0.2, 0) is 11.3 Å². The molecule has 2 aromatic rings. The van der Waals surface area contributed by atoms with Gasteiger partial charge < -0.3 is 10.6 Å². The second kappa shape index (κ2) is 8.92. The summed E-state index contributed by atoms with van der Waals surface area (Å²) in [7, 11) is 0. The van der Waals surface area contributed by atoms with Crippen LogP contribution in [0.3, 0.4) is 0 Å². The molecule has 1 heterocycles. The Morgan fingerprint density at radius 1 is 1.16 bits per heavy atom. The SMILES string of the molecule is CC(C)C[C@H](NC(=O)c1ccccc1F)C(=O)NCc1cccnc1. The van der Waals surface area contributed by atoms with Crippen molar-refractivity contribution < 1.29 is 14.0 Å². The number of aromatic nitrogens is 1. The summed E-state index contributed by atoms with van der Waals surface area (Å²) in [5.74, 6) is -1.32. The molecule has 0 radical (unpaired) electrons. The predicted molar refractivity (Wildman–Crippen MR) is 93.2 cm³/mol. The van der Waals surface area contributed by atoms with Crippen molar-refractivity contribution in [3.8, 4) is 0 Å². The number of amides is 2. The van der Waals surface area contributed by atoms with E-state index in [4.69, 9.17) is 0 Å². The molecule has 2 amide bonds. The summed E-state index contributed by atoms with van der Waals surface area (Å²) < 4.78 is 13.8. The van der Waals surface area contributed by atoms with Crippen molar-refractivity contribution in [2.75, 3.05) is 0 Å². The minimum absolute atomic E-state index is 0.0729. The van der Waals surface area contributed by atoms with E-state index < -0.39 is 17.8 Å². The van der Waals surface area contributed by atoms with Crippen LogP contribution in [0, 0.1) is 11.7 Å². The van der Waals surface area contributed by atoms with Crippen LogP contribution >= 0.6 is 0 Å². The van der Waals surface area contributed by atoms with Crippen molar-refractivity contribution in [1.29, 1.82) is 0 Å². The standard InChI is InChI=1S/C19H22FN3O2/c1-13(2)10-17(19(25)22-12-14-6-5-9-21-11-14)23-18(24)15-7-3-4-8-16(15)20/h3-9,11,13,17H,10,12H2,1-2H3,(H,22,25)(H,23,24)/t17-/m0/s1. The first-order valence-corrected chi connectivity index (χ1v) is 8.19. The molecule has 0 saturated carbocycles. The number of pyridine rings is 1. The number of halogens is 1. The number of nitrogens with one attached hydrogen (secondary N) is 2. The molecule has 0 aliphatic heterocycles. The molecule has 25 heavy (non-hydrogen) atoms. The number of rotatable bonds is 7. The molecular weight excluding hydrogens is 321 g/mol. The van der Waals surface area contributed by atoms with Crippen molar-refractivity contribution in [1.82, 2.24) is 15.6 Å². The highest BCUT2D eigenvalue weighted by atomic mass is 19.1. The van der Waals surface area contributed by atoms with E-state index in [0.717, 1.165) is 5.56 Å². The molecule has 0 aliphatic rings. The molecule has 0 bridgehead atoms. The van der Waals surface area contributed by atoms with Gasteiger partial charge in [-0.2, -0.15) is 0 Å². The van der Waals surface area contributed by atoms with Gasteiger partial charge in [0, 0.05) is 18.9 Å². The minimum atomic E-state index is -0.733. The lowest BCUT2D eigenvalue weighted by Crippen LogP contribution is -2.47. The Balaban J connectivity index is 2.03. The molecule has 5 nitrogen and oxygen atoms in total. The highest BCUT2D eigenvalue weighted by Gasteiger charge is 2.23. The first kappa shape index (κ1) is 18.6. The first-order chi connectivity index (χ1) is 12.0. The Morgan fingerprint density at radius 2 is 1.92 bits per heavy atom. The highest BCUT2D eigenvalue weighted by molar-refractivity contribution is 5.97. The number of carbonyl (C=O) groups is 2. The van der Waals surface area contributed by atoms with Gasteiger partial charge in [-0.05, 0) is 36.1 Å². The van der Waals surface area contributed by atoms with Crippen LogP contribution in [0.5, 0.6) is 0 Å². The number of hydrogen-bond donors (Lipinski definition) is 2. The molecule has 2 rings (SSSR count). The lowest BCUT2D eigenvalue weighted by molar-refractivity contribution is -0.123. The quantitative estimate of drug-likeness (QED) is 0.812. The first-order valence-electron chi connectivity index (χ1n) is 8.19. The van der Waals surface area contributed by atoms with Gasteiger partial charge >= 0.3 is 0 Å². The summed E-state index contributed by atoms with van der Waals surface area (Å²) in [6.07, 6.45) is 3.77. The Hall–Kier alpha value is -2.76. The van der Waals surface area contributed by atoms with Crippen molar-refractivity contribution in [3.63, 3.8) is 0 Å². The maximum absolute atomic E-state index is 13.8. The summed E-state index contributed by atoms with van der Waals surface area (Å²) in [6, 6.07) is 8.61. The number of nitrogens with zero attached hydrogens (tertiary/aromatic N) is 1. The zero-order valence-electron chi connectivity index (χ0n) is 14.3. The average molecular weight is 343 g/mol. The number of carbonyl (C=O) groups excluding carboxylic acids is 2. The van der Waals surface area contributed by atoms with Crippen LogP contribution in [0.4, 0.5) is 4.39 Å². The van der Waals surface area contributed by atoms with E-state index in [0.29, 0.717) is 13.0 Å². The zero-order valence-corrected chi connectivity index (χ0v) is 14.3.